The maximum absolute atomic E-state index is 12.3. The fraction of sp³-hybridized carbons (Fsp3) is 0.545. The van der Waals surface area contributed by atoms with Crippen molar-refractivity contribution in [3.8, 4) is 0 Å². The van der Waals surface area contributed by atoms with Gasteiger partial charge in [0, 0.05) is 5.39 Å². The summed E-state index contributed by atoms with van der Waals surface area (Å²) in [6, 6.07) is 11.5. The molecule has 2 aliphatic carbocycles. The molecule has 2 atom stereocenters. The number of benzene rings is 2. The normalized spacial score (nSPS) is 25.4. The fourth-order valence-electron chi connectivity index (χ4n) is 5.51. The second-order valence-corrected chi connectivity index (χ2v) is 9.49. The molecular formula is C22H28O3S. The average Bonchev–Trinajstić information content (AvgIpc) is 2.67. The molecule has 0 bridgehead atoms. The fourth-order valence-corrected chi connectivity index (χ4v) is 6.49. The van der Waals surface area contributed by atoms with Gasteiger partial charge in [-0.1, -0.05) is 81.3 Å². The van der Waals surface area contributed by atoms with E-state index >= 15 is 0 Å². The summed E-state index contributed by atoms with van der Waals surface area (Å²) in [5.74, 6) is 1.49. The molecule has 4 rings (SSSR count). The highest BCUT2D eigenvalue weighted by atomic mass is 32.2. The van der Waals surface area contributed by atoms with Crippen molar-refractivity contribution in [1.82, 2.24) is 0 Å². The molecule has 2 unspecified atom stereocenters. The summed E-state index contributed by atoms with van der Waals surface area (Å²) in [5, 5.41) is 1.52. The molecule has 2 aliphatic rings. The van der Waals surface area contributed by atoms with Gasteiger partial charge in [0.25, 0.3) is 10.1 Å². The van der Waals surface area contributed by atoms with E-state index in [0.717, 1.165) is 23.8 Å². The van der Waals surface area contributed by atoms with E-state index in [0.29, 0.717) is 17.2 Å². The SMILES string of the molecule is O=S(=O)(O)c1c(C2CCCCC2C2CCCCC2)ccc2ccccc12. The molecule has 0 aromatic heterocycles. The molecule has 2 aromatic carbocycles. The molecule has 3 nitrogen and oxygen atoms in total. The van der Waals surface area contributed by atoms with Gasteiger partial charge in [-0.2, -0.15) is 8.42 Å². The molecule has 0 saturated heterocycles. The lowest BCUT2D eigenvalue weighted by Crippen LogP contribution is -2.28. The maximum Gasteiger partial charge on any atom is 0.295 e. The van der Waals surface area contributed by atoms with Gasteiger partial charge in [-0.25, -0.2) is 0 Å². The van der Waals surface area contributed by atoms with Gasteiger partial charge >= 0.3 is 0 Å². The van der Waals surface area contributed by atoms with Crippen LogP contribution in [0.2, 0.25) is 0 Å². The van der Waals surface area contributed by atoms with Gasteiger partial charge in [0.05, 0.1) is 0 Å². The van der Waals surface area contributed by atoms with Crippen molar-refractivity contribution in [2.75, 3.05) is 0 Å². The van der Waals surface area contributed by atoms with Crippen molar-refractivity contribution in [2.45, 2.75) is 68.6 Å². The van der Waals surface area contributed by atoms with Gasteiger partial charge in [-0.15, -0.1) is 0 Å². The van der Waals surface area contributed by atoms with Crippen molar-refractivity contribution >= 4 is 20.9 Å². The van der Waals surface area contributed by atoms with Crippen LogP contribution in [-0.4, -0.2) is 13.0 Å². The van der Waals surface area contributed by atoms with E-state index in [1.54, 1.807) is 0 Å². The number of fused-ring (bicyclic) bond motifs is 1. The van der Waals surface area contributed by atoms with Gasteiger partial charge in [0.1, 0.15) is 4.90 Å². The molecule has 0 radical (unpaired) electrons. The summed E-state index contributed by atoms with van der Waals surface area (Å²) in [7, 11) is -4.26. The zero-order chi connectivity index (χ0) is 18.1. The summed E-state index contributed by atoms with van der Waals surface area (Å²) < 4.78 is 34.8. The minimum absolute atomic E-state index is 0.156. The van der Waals surface area contributed by atoms with Crippen LogP contribution in [0.1, 0.15) is 69.3 Å². The minimum atomic E-state index is -4.26. The molecule has 2 aromatic rings. The summed E-state index contributed by atoms with van der Waals surface area (Å²) in [6.07, 6.45) is 11.1. The molecule has 0 heterocycles. The highest BCUT2D eigenvalue weighted by Crippen LogP contribution is 2.48. The quantitative estimate of drug-likeness (QED) is 0.678. The molecule has 140 valence electrons. The van der Waals surface area contributed by atoms with Crippen LogP contribution in [0.3, 0.4) is 0 Å². The van der Waals surface area contributed by atoms with Crippen molar-refractivity contribution in [1.29, 1.82) is 0 Å². The van der Waals surface area contributed by atoms with Crippen LogP contribution in [0.4, 0.5) is 0 Å². The van der Waals surface area contributed by atoms with Crippen LogP contribution < -0.4 is 0 Å². The van der Waals surface area contributed by atoms with E-state index in [1.807, 2.05) is 36.4 Å². The molecule has 0 spiro atoms. The van der Waals surface area contributed by atoms with Crippen molar-refractivity contribution in [3.63, 3.8) is 0 Å². The standard InChI is InChI=1S/C22H28O3S/c23-26(24,25)22-19-12-5-4-10-17(19)14-15-21(22)20-13-7-6-11-18(20)16-8-2-1-3-9-16/h4-5,10,12,14-16,18,20H,1-3,6-9,11,13H2,(H,23,24,25). The lowest BCUT2D eigenvalue weighted by atomic mass is 9.66. The zero-order valence-electron chi connectivity index (χ0n) is 15.2. The van der Waals surface area contributed by atoms with E-state index in [4.69, 9.17) is 0 Å². The highest BCUT2D eigenvalue weighted by Gasteiger charge is 2.36. The third-order valence-corrected chi connectivity index (χ3v) is 7.61. The van der Waals surface area contributed by atoms with Crippen LogP contribution in [0.25, 0.3) is 10.8 Å². The lowest BCUT2D eigenvalue weighted by Gasteiger charge is -2.40. The maximum atomic E-state index is 12.3. The van der Waals surface area contributed by atoms with Crippen molar-refractivity contribution in [2.24, 2.45) is 11.8 Å². The van der Waals surface area contributed by atoms with Gasteiger partial charge in [-0.3, -0.25) is 4.55 Å². The van der Waals surface area contributed by atoms with Crippen LogP contribution >= 0.6 is 0 Å². The molecule has 2 fully saturated rings. The number of hydrogen-bond donors (Lipinski definition) is 1. The van der Waals surface area contributed by atoms with Gasteiger partial charge in [-0.05, 0) is 41.5 Å². The predicted octanol–water partition coefficient (Wildman–Crippen LogP) is 5.94. The molecule has 1 N–H and O–H groups in total. The monoisotopic (exact) mass is 372 g/mol. The van der Waals surface area contributed by atoms with E-state index in [9.17, 15) is 13.0 Å². The minimum Gasteiger partial charge on any atom is -0.282 e. The first-order chi connectivity index (χ1) is 12.6. The molecule has 4 heteroatoms. The first kappa shape index (κ1) is 18.0. The Morgan fingerprint density at radius 1 is 0.808 bits per heavy atom. The Morgan fingerprint density at radius 3 is 2.27 bits per heavy atom. The Morgan fingerprint density at radius 2 is 1.50 bits per heavy atom. The van der Waals surface area contributed by atoms with Gasteiger partial charge < -0.3 is 0 Å². The predicted molar refractivity (Wildman–Crippen MR) is 105 cm³/mol. The highest BCUT2D eigenvalue weighted by molar-refractivity contribution is 7.86. The number of rotatable bonds is 3. The van der Waals surface area contributed by atoms with Crippen LogP contribution in [0.15, 0.2) is 41.3 Å². The first-order valence-corrected chi connectivity index (χ1v) is 11.5. The molecule has 0 amide bonds. The van der Waals surface area contributed by atoms with E-state index < -0.39 is 10.1 Å². The van der Waals surface area contributed by atoms with E-state index in [1.165, 1.54) is 44.9 Å². The Labute approximate surface area is 156 Å². The Balaban J connectivity index is 1.83. The second-order valence-electron chi connectivity index (χ2n) is 8.13. The Bertz CT molecular complexity index is 881. The smallest absolute Gasteiger partial charge is 0.282 e. The first-order valence-electron chi connectivity index (χ1n) is 10.0. The van der Waals surface area contributed by atoms with Crippen LogP contribution in [0, 0.1) is 11.8 Å². The summed E-state index contributed by atoms with van der Waals surface area (Å²) >= 11 is 0. The molecule has 0 aliphatic heterocycles. The van der Waals surface area contributed by atoms with E-state index in [-0.39, 0.29) is 10.8 Å². The topological polar surface area (TPSA) is 54.4 Å². The summed E-state index contributed by atoms with van der Waals surface area (Å²) in [6.45, 7) is 0. The van der Waals surface area contributed by atoms with Crippen molar-refractivity contribution in [3.05, 3.63) is 42.0 Å². The third kappa shape index (κ3) is 3.41. The zero-order valence-corrected chi connectivity index (χ0v) is 16.0. The average molecular weight is 373 g/mol. The van der Waals surface area contributed by atoms with Gasteiger partial charge in [0.15, 0.2) is 0 Å². The molecule has 2 saturated carbocycles. The second kappa shape index (κ2) is 7.32. The number of hydrogen-bond acceptors (Lipinski definition) is 2. The summed E-state index contributed by atoms with van der Waals surface area (Å²) in [5.41, 5.74) is 0.849. The summed E-state index contributed by atoms with van der Waals surface area (Å²) in [4.78, 5) is 0.156. The Kier molecular flexibility index (Phi) is 5.07. The lowest BCUT2D eigenvalue weighted by molar-refractivity contribution is 0.168. The van der Waals surface area contributed by atoms with Crippen molar-refractivity contribution < 1.29 is 13.0 Å². The largest absolute Gasteiger partial charge is 0.295 e. The Hall–Kier alpha value is -1.39. The molecule has 26 heavy (non-hydrogen) atoms. The molecular weight excluding hydrogens is 344 g/mol. The van der Waals surface area contributed by atoms with Gasteiger partial charge in [0.2, 0.25) is 0 Å². The van der Waals surface area contributed by atoms with Crippen LogP contribution in [0.5, 0.6) is 0 Å². The van der Waals surface area contributed by atoms with E-state index in [2.05, 4.69) is 0 Å². The third-order valence-electron chi connectivity index (χ3n) is 6.64. The van der Waals surface area contributed by atoms with Crippen LogP contribution in [-0.2, 0) is 10.1 Å².